The molecule has 0 saturated heterocycles. The molecule has 3 rings (SSSR count). The SMILES string of the molecule is CCC(C)N(C)C(=O)c1cc2ccccc2c(-c2cc(Br)ccc2Cl)n1. The van der Waals surface area contributed by atoms with Crippen LogP contribution in [0.3, 0.4) is 0 Å². The second-order valence-corrected chi connectivity index (χ2v) is 7.70. The zero-order valence-electron chi connectivity index (χ0n) is 15.0. The number of benzene rings is 2. The molecule has 0 aliphatic heterocycles. The highest BCUT2D eigenvalue weighted by atomic mass is 79.9. The molecule has 1 heterocycles. The van der Waals surface area contributed by atoms with E-state index in [9.17, 15) is 4.79 Å². The number of carbonyl (C=O) groups excluding carboxylic acids is 1. The van der Waals surface area contributed by atoms with E-state index in [-0.39, 0.29) is 11.9 Å². The summed E-state index contributed by atoms with van der Waals surface area (Å²) in [5.74, 6) is -0.0857. The van der Waals surface area contributed by atoms with Gasteiger partial charge < -0.3 is 4.90 Å². The minimum Gasteiger partial charge on any atom is -0.338 e. The zero-order valence-corrected chi connectivity index (χ0v) is 17.3. The number of hydrogen-bond acceptors (Lipinski definition) is 2. The van der Waals surface area contributed by atoms with Gasteiger partial charge in [-0.25, -0.2) is 4.98 Å². The summed E-state index contributed by atoms with van der Waals surface area (Å²) in [5, 5.41) is 2.54. The first-order valence-electron chi connectivity index (χ1n) is 8.54. The van der Waals surface area contributed by atoms with Crippen molar-refractivity contribution in [3.05, 3.63) is 63.7 Å². The number of halogens is 2. The molecule has 0 N–H and O–H groups in total. The van der Waals surface area contributed by atoms with Crippen molar-refractivity contribution in [3.63, 3.8) is 0 Å². The van der Waals surface area contributed by atoms with Gasteiger partial charge in [0.05, 0.1) is 10.7 Å². The Bertz CT molecular complexity index is 973. The zero-order chi connectivity index (χ0) is 18.8. The molecule has 1 aromatic heterocycles. The third kappa shape index (κ3) is 3.62. The van der Waals surface area contributed by atoms with Crippen molar-refractivity contribution >= 4 is 44.2 Å². The second kappa shape index (κ2) is 7.77. The molecule has 0 saturated carbocycles. The lowest BCUT2D eigenvalue weighted by molar-refractivity contribution is 0.0735. The van der Waals surface area contributed by atoms with Crippen molar-refractivity contribution in [2.75, 3.05) is 7.05 Å². The van der Waals surface area contributed by atoms with Crippen LogP contribution in [-0.4, -0.2) is 28.9 Å². The van der Waals surface area contributed by atoms with Gasteiger partial charge in [0, 0.05) is 28.5 Å². The molecule has 1 unspecified atom stereocenters. The summed E-state index contributed by atoms with van der Waals surface area (Å²) < 4.78 is 0.913. The molecule has 0 bridgehead atoms. The molecule has 0 aliphatic rings. The highest BCUT2D eigenvalue weighted by Crippen LogP contribution is 2.34. The first kappa shape index (κ1) is 18.9. The van der Waals surface area contributed by atoms with Gasteiger partial charge in [0.25, 0.3) is 5.91 Å². The summed E-state index contributed by atoms with van der Waals surface area (Å²) in [4.78, 5) is 19.4. The molecule has 1 atom stereocenters. The third-order valence-corrected chi connectivity index (χ3v) is 5.54. The largest absolute Gasteiger partial charge is 0.338 e. The quantitative estimate of drug-likeness (QED) is 0.493. The molecule has 5 heteroatoms. The molecule has 3 nitrogen and oxygen atoms in total. The van der Waals surface area contributed by atoms with Gasteiger partial charge in [-0.3, -0.25) is 4.79 Å². The smallest absolute Gasteiger partial charge is 0.272 e. The highest BCUT2D eigenvalue weighted by Gasteiger charge is 2.20. The molecule has 0 spiro atoms. The Balaban J connectivity index is 2.22. The van der Waals surface area contributed by atoms with Crippen LogP contribution < -0.4 is 0 Å². The fraction of sp³-hybridized carbons (Fsp3) is 0.238. The molecular formula is C21H20BrClN2O. The molecule has 134 valence electrons. The van der Waals surface area contributed by atoms with Gasteiger partial charge in [-0.2, -0.15) is 0 Å². The van der Waals surface area contributed by atoms with Crippen molar-refractivity contribution in [2.45, 2.75) is 26.3 Å². The normalized spacial score (nSPS) is 12.2. The Morgan fingerprint density at radius 3 is 2.69 bits per heavy atom. The Labute approximate surface area is 167 Å². The minimum absolute atomic E-state index is 0.0857. The predicted molar refractivity (Wildman–Crippen MR) is 112 cm³/mol. The Morgan fingerprint density at radius 2 is 1.96 bits per heavy atom. The van der Waals surface area contributed by atoms with E-state index in [1.165, 1.54) is 0 Å². The van der Waals surface area contributed by atoms with Gasteiger partial charge in [-0.15, -0.1) is 0 Å². The summed E-state index contributed by atoms with van der Waals surface area (Å²) >= 11 is 9.94. The standard InChI is InChI=1S/C21H20BrClN2O/c1-4-13(2)25(3)21(26)19-11-14-7-5-6-8-16(14)20(24-19)17-12-15(22)9-10-18(17)23/h5-13H,4H2,1-3H3. The van der Waals surface area contributed by atoms with Gasteiger partial charge in [0.15, 0.2) is 0 Å². The summed E-state index contributed by atoms with van der Waals surface area (Å²) in [6.45, 7) is 4.10. The monoisotopic (exact) mass is 430 g/mol. The van der Waals surface area contributed by atoms with E-state index in [1.807, 2.05) is 62.5 Å². The highest BCUT2D eigenvalue weighted by molar-refractivity contribution is 9.10. The van der Waals surface area contributed by atoms with E-state index < -0.39 is 0 Å². The van der Waals surface area contributed by atoms with E-state index in [4.69, 9.17) is 16.6 Å². The number of fused-ring (bicyclic) bond motifs is 1. The lowest BCUT2D eigenvalue weighted by Gasteiger charge is -2.24. The molecule has 3 aromatic rings. The van der Waals surface area contributed by atoms with Gasteiger partial charge in [-0.1, -0.05) is 58.7 Å². The number of aromatic nitrogens is 1. The van der Waals surface area contributed by atoms with Gasteiger partial charge >= 0.3 is 0 Å². The molecule has 0 fully saturated rings. The number of amides is 1. The van der Waals surface area contributed by atoms with E-state index in [0.717, 1.165) is 32.9 Å². The van der Waals surface area contributed by atoms with Crippen molar-refractivity contribution in [2.24, 2.45) is 0 Å². The number of hydrogen-bond donors (Lipinski definition) is 0. The average molecular weight is 432 g/mol. The minimum atomic E-state index is -0.0857. The van der Waals surface area contributed by atoms with E-state index in [0.29, 0.717) is 10.7 Å². The van der Waals surface area contributed by atoms with Crippen LogP contribution in [0, 0.1) is 0 Å². The predicted octanol–water partition coefficient (Wildman–Crippen LogP) is 6.19. The maximum Gasteiger partial charge on any atom is 0.272 e. The lowest BCUT2D eigenvalue weighted by atomic mass is 10.0. The topological polar surface area (TPSA) is 33.2 Å². The maximum atomic E-state index is 12.9. The van der Waals surface area contributed by atoms with Gasteiger partial charge in [-0.05, 0) is 43.0 Å². The van der Waals surface area contributed by atoms with Crippen LogP contribution in [-0.2, 0) is 0 Å². The third-order valence-electron chi connectivity index (χ3n) is 4.72. The molecule has 0 aliphatic carbocycles. The first-order chi connectivity index (χ1) is 12.4. The Morgan fingerprint density at radius 1 is 1.23 bits per heavy atom. The van der Waals surface area contributed by atoms with Crippen LogP contribution in [0.2, 0.25) is 5.02 Å². The van der Waals surface area contributed by atoms with Crippen molar-refractivity contribution in [1.29, 1.82) is 0 Å². The van der Waals surface area contributed by atoms with E-state index in [1.54, 1.807) is 4.90 Å². The number of rotatable bonds is 4. The second-order valence-electron chi connectivity index (χ2n) is 6.37. The van der Waals surface area contributed by atoms with Crippen molar-refractivity contribution < 1.29 is 4.79 Å². The summed E-state index contributed by atoms with van der Waals surface area (Å²) in [6, 6.07) is 15.6. The average Bonchev–Trinajstić information content (AvgIpc) is 2.67. The number of nitrogens with zero attached hydrogens (tertiary/aromatic N) is 2. The summed E-state index contributed by atoms with van der Waals surface area (Å²) in [5.41, 5.74) is 1.95. The molecular weight excluding hydrogens is 412 g/mol. The van der Waals surface area contributed by atoms with Crippen LogP contribution in [0.25, 0.3) is 22.0 Å². The van der Waals surface area contributed by atoms with Crippen LogP contribution in [0.1, 0.15) is 30.8 Å². The van der Waals surface area contributed by atoms with Crippen LogP contribution in [0.15, 0.2) is 53.0 Å². The fourth-order valence-electron chi connectivity index (χ4n) is 2.85. The fourth-order valence-corrected chi connectivity index (χ4v) is 3.42. The Kier molecular flexibility index (Phi) is 5.64. The molecule has 26 heavy (non-hydrogen) atoms. The number of carbonyl (C=O) groups is 1. The maximum absolute atomic E-state index is 12.9. The first-order valence-corrected chi connectivity index (χ1v) is 9.71. The molecule has 2 aromatic carbocycles. The molecule has 0 radical (unpaired) electrons. The van der Waals surface area contributed by atoms with Crippen molar-refractivity contribution in [1.82, 2.24) is 9.88 Å². The summed E-state index contributed by atoms with van der Waals surface area (Å²) in [6.07, 6.45) is 0.889. The van der Waals surface area contributed by atoms with Crippen LogP contribution >= 0.6 is 27.5 Å². The van der Waals surface area contributed by atoms with Gasteiger partial charge in [0.2, 0.25) is 0 Å². The van der Waals surface area contributed by atoms with Crippen LogP contribution in [0.5, 0.6) is 0 Å². The van der Waals surface area contributed by atoms with E-state index >= 15 is 0 Å². The van der Waals surface area contributed by atoms with E-state index in [2.05, 4.69) is 22.9 Å². The Hall–Kier alpha value is -1.91. The van der Waals surface area contributed by atoms with Gasteiger partial charge in [0.1, 0.15) is 5.69 Å². The number of pyridine rings is 1. The molecule has 1 amide bonds. The van der Waals surface area contributed by atoms with Crippen LogP contribution in [0.4, 0.5) is 0 Å². The van der Waals surface area contributed by atoms with Crippen molar-refractivity contribution in [3.8, 4) is 11.3 Å². The lowest BCUT2D eigenvalue weighted by Crippen LogP contribution is -2.35. The summed E-state index contributed by atoms with van der Waals surface area (Å²) in [7, 11) is 1.82.